The molecule has 0 radical (unpaired) electrons. The molecule has 1 aromatic rings. The SMILES string of the molecule is C=C(NC=NC)/C(C)=C/C=C(C)CNC(=O)c1ccc(C(C)(C)C)cn1. The minimum Gasteiger partial charge on any atom is -0.347 e. The van der Waals surface area contributed by atoms with Crippen molar-refractivity contribution in [2.45, 2.75) is 40.0 Å². The third-order valence-corrected chi connectivity index (χ3v) is 3.85. The Balaban J connectivity index is 2.62. The predicted octanol–water partition coefficient (Wildman–Crippen LogP) is 3.76. The second-order valence-corrected chi connectivity index (χ2v) is 7.24. The number of amides is 1. The smallest absolute Gasteiger partial charge is 0.270 e. The quantitative estimate of drug-likeness (QED) is 0.445. The minimum absolute atomic E-state index is 0.0212. The van der Waals surface area contributed by atoms with Gasteiger partial charge in [0.05, 0.1) is 6.34 Å². The van der Waals surface area contributed by atoms with E-state index in [0.29, 0.717) is 12.2 Å². The Morgan fingerprint density at radius 3 is 2.50 bits per heavy atom. The number of nitrogens with zero attached hydrogens (tertiary/aromatic N) is 2. The summed E-state index contributed by atoms with van der Waals surface area (Å²) in [6, 6.07) is 3.72. The van der Waals surface area contributed by atoms with Gasteiger partial charge in [-0.25, -0.2) is 0 Å². The molecule has 1 aromatic heterocycles. The first-order chi connectivity index (χ1) is 12.1. The summed E-state index contributed by atoms with van der Waals surface area (Å²) in [6.07, 6.45) is 7.27. The molecule has 0 aliphatic heterocycles. The molecular weight excluding hydrogens is 324 g/mol. The Morgan fingerprint density at radius 1 is 1.27 bits per heavy atom. The van der Waals surface area contributed by atoms with E-state index in [4.69, 9.17) is 0 Å². The topological polar surface area (TPSA) is 66.4 Å². The number of hydrogen-bond acceptors (Lipinski definition) is 3. The van der Waals surface area contributed by atoms with Crippen LogP contribution in [-0.2, 0) is 5.41 Å². The van der Waals surface area contributed by atoms with Crippen molar-refractivity contribution in [2.75, 3.05) is 13.6 Å². The molecule has 140 valence electrons. The second kappa shape index (κ2) is 9.70. The summed E-state index contributed by atoms with van der Waals surface area (Å²) in [5.74, 6) is -0.177. The number of allylic oxidation sites excluding steroid dienone is 3. The van der Waals surface area contributed by atoms with Gasteiger partial charge in [0.1, 0.15) is 5.69 Å². The van der Waals surface area contributed by atoms with Gasteiger partial charge in [0.2, 0.25) is 0 Å². The maximum absolute atomic E-state index is 12.2. The van der Waals surface area contributed by atoms with Crippen molar-refractivity contribution in [2.24, 2.45) is 4.99 Å². The zero-order chi connectivity index (χ0) is 19.7. The number of aromatic nitrogens is 1. The van der Waals surface area contributed by atoms with E-state index in [1.165, 1.54) is 0 Å². The number of pyridine rings is 1. The summed E-state index contributed by atoms with van der Waals surface area (Å²) in [6.45, 7) is 14.7. The Bertz CT molecular complexity index is 719. The van der Waals surface area contributed by atoms with Gasteiger partial charge in [-0.05, 0) is 36.5 Å². The van der Waals surface area contributed by atoms with E-state index in [9.17, 15) is 4.79 Å². The molecular formula is C21H30N4O. The van der Waals surface area contributed by atoms with E-state index < -0.39 is 0 Å². The van der Waals surface area contributed by atoms with Crippen LogP contribution >= 0.6 is 0 Å². The monoisotopic (exact) mass is 354 g/mol. The molecule has 0 saturated heterocycles. The first-order valence-corrected chi connectivity index (χ1v) is 8.60. The molecule has 5 heteroatoms. The highest BCUT2D eigenvalue weighted by Gasteiger charge is 2.15. The second-order valence-electron chi connectivity index (χ2n) is 7.24. The van der Waals surface area contributed by atoms with Gasteiger partial charge >= 0.3 is 0 Å². The fraction of sp³-hybridized carbons (Fsp3) is 0.381. The van der Waals surface area contributed by atoms with Gasteiger partial charge in [-0.1, -0.05) is 51.1 Å². The number of carbonyl (C=O) groups excluding carboxylic acids is 1. The molecule has 1 heterocycles. The van der Waals surface area contributed by atoms with Crippen LogP contribution in [0.3, 0.4) is 0 Å². The molecule has 26 heavy (non-hydrogen) atoms. The van der Waals surface area contributed by atoms with E-state index in [1.807, 2.05) is 32.1 Å². The molecule has 0 atom stereocenters. The van der Waals surface area contributed by atoms with E-state index in [-0.39, 0.29) is 11.3 Å². The lowest BCUT2D eigenvalue weighted by Gasteiger charge is -2.18. The molecule has 0 unspecified atom stereocenters. The highest BCUT2D eigenvalue weighted by molar-refractivity contribution is 5.92. The first kappa shape index (κ1) is 21.4. The van der Waals surface area contributed by atoms with Crippen LogP contribution in [-0.4, -0.2) is 30.8 Å². The normalized spacial score (nSPS) is 13.0. The maximum Gasteiger partial charge on any atom is 0.270 e. The molecule has 0 saturated carbocycles. The predicted molar refractivity (Wildman–Crippen MR) is 109 cm³/mol. The van der Waals surface area contributed by atoms with Gasteiger partial charge in [0, 0.05) is 25.5 Å². The first-order valence-electron chi connectivity index (χ1n) is 8.60. The fourth-order valence-electron chi connectivity index (χ4n) is 1.97. The Labute approximate surface area is 157 Å². The van der Waals surface area contributed by atoms with Crippen LogP contribution in [0.4, 0.5) is 0 Å². The van der Waals surface area contributed by atoms with E-state index in [1.54, 1.807) is 25.6 Å². The minimum atomic E-state index is -0.177. The van der Waals surface area contributed by atoms with Gasteiger partial charge in [0.15, 0.2) is 0 Å². The van der Waals surface area contributed by atoms with Crippen LogP contribution in [0.2, 0.25) is 0 Å². The van der Waals surface area contributed by atoms with Crippen molar-refractivity contribution in [3.05, 3.63) is 65.2 Å². The van der Waals surface area contributed by atoms with E-state index in [2.05, 4.69) is 48.0 Å². The lowest BCUT2D eigenvalue weighted by molar-refractivity contribution is 0.0952. The van der Waals surface area contributed by atoms with Gasteiger partial charge < -0.3 is 10.6 Å². The zero-order valence-electron chi connectivity index (χ0n) is 16.7. The summed E-state index contributed by atoms with van der Waals surface area (Å²) in [5.41, 5.74) is 4.36. The van der Waals surface area contributed by atoms with Crippen LogP contribution in [0.5, 0.6) is 0 Å². The summed E-state index contributed by atoms with van der Waals surface area (Å²) < 4.78 is 0. The highest BCUT2D eigenvalue weighted by Crippen LogP contribution is 2.20. The van der Waals surface area contributed by atoms with Gasteiger partial charge in [0.25, 0.3) is 5.91 Å². The highest BCUT2D eigenvalue weighted by atomic mass is 16.1. The molecule has 1 rings (SSSR count). The van der Waals surface area contributed by atoms with Crippen molar-refractivity contribution in [3.63, 3.8) is 0 Å². The number of rotatable bonds is 7. The molecule has 0 aliphatic rings. The molecule has 1 amide bonds. The molecule has 5 nitrogen and oxygen atoms in total. The Hall–Kier alpha value is -2.69. The largest absolute Gasteiger partial charge is 0.347 e. The van der Waals surface area contributed by atoms with Crippen LogP contribution < -0.4 is 10.6 Å². The Kier molecular flexibility index (Phi) is 7.97. The van der Waals surface area contributed by atoms with Crippen LogP contribution in [0.15, 0.2) is 58.9 Å². The van der Waals surface area contributed by atoms with E-state index >= 15 is 0 Å². The number of nitrogens with one attached hydrogen (secondary N) is 2. The molecule has 0 aromatic carbocycles. The summed E-state index contributed by atoms with van der Waals surface area (Å²) in [5, 5.41) is 5.87. The lowest BCUT2D eigenvalue weighted by Crippen LogP contribution is -2.26. The number of aliphatic imine (C=N–C) groups is 1. The summed E-state index contributed by atoms with van der Waals surface area (Å²) in [4.78, 5) is 20.3. The van der Waals surface area contributed by atoms with E-state index in [0.717, 1.165) is 22.4 Å². The summed E-state index contributed by atoms with van der Waals surface area (Å²) in [7, 11) is 1.69. The molecule has 0 aliphatic carbocycles. The van der Waals surface area contributed by atoms with Gasteiger partial charge in [-0.3, -0.25) is 14.8 Å². The lowest BCUT2D eigenvalue weighted by atomic mass is 9.88. The van der Waals surface area contributed by atoms with Crippen molar-refractivity contribution in [3.8, 4) is 0 Å². The molecule has 0 fully saturated rings. The van der Waals surface area contributed by atoms with Gasteiger partial charge in [-0.2, -0.15) is 0 Å². The van der Waals surface area contributed by atoms with Crippen molar-refractivity contribution < 1.29 is 4.79 Å². The standard InChI is InChI=1S/C21H30N4O/c1-15(8-9-16(2)17(3)25-14-22-7)12-24-20(26)19-11-10-18(13-23-19)21(4,5)6/h8-11,13-14H,3,12H2,1-2,4-7H3,(H,22,25)(H,24,26)/b15-8?,16-9+. The molecule has 2 N–H and O–H groups in total. The Morgan fingerprint density at radius 2 is 1.96 bits per heavy atom. The summed E-state index contributed by atoms with van der Waals surface area (Å²) >= 11 is 0. The van der Waals surface area contributed by atoms with Crippen molar-refractivity contribution in [1.29, 1.82) is 0 Å². The van der Waals surface area contributed by atoms with Crippen LogP contribution in [0, 0.1) is 0 Å². The van der Waals surface area contributed by atoms with Gasteiger partial charge in [-0.15, -0.1) is 0 Å². The number of carbonyl (C=O) groups is 1. The molecule has 0 spiro atoms. The average molecular weight is 354 g/mol. The number of hydrogen-bond donors (Lipinski definition) is 2. The fourth-order valence-corrected chi connectivity index (χ4v) is 1.97. The maximum atomic E-state index is 12.2. The van der Waals surface area contributed by atoms with Crippen molar-refractivity contribution in [1.82, 2.24) is 15.6 Å². The third-order valence-electron chi connectivity index (χ3n) is 3.85. The average Bonchev–Trinajstić information content (AvgIpc) is 2.61. The molecule has 0 bridgehead atoms. The van der Waals surface area contributed by atoms with Crippen molar-refractivity contribution >= 4 is 12.2 Å². The zero-order valence-corrected chi connectivity index (χ0v) is 16.7. The van der Waals surface area contributed by atoms with Crippen LogP contribution in [0.25, 0.3) is 0 Å². The third kappa shape index (κ3) is 7.05. The van der Waals surface area contributed by atoms with Crippen LogP contribution in [0.1, 0.15) is 50.7 Å².